The highest BCUT2D eigenvalue weighted by molar-refractivity contribution is 5.76. The van der Waals surface area contributed by atoms with E-state index in [0.717, 1.165) is 20.8 Å². The largest absolute Gasteiger partial charge is 0.477 e. The van der Waals surface area contributed by atoms with Crippen LogP contribution in [-0.2, 0) is 47.6 Å². The Morgan fingerprint density at radius 1 is 0.733 bits per heavy atom. The normalized spacial score (nSPS) is 37.8. The maximum Gasteiger partial charge on any atom is 0.364 e. The van der Waals surface area contributed by atoms with E-state index in [2.05, 4.69) is 16.0 Å². The molecule has 17 N–H and O–H groups in total. The van der Waals surface area contributed by atoms with Crippen molar-refractivity contribution in [3.63, 3.8) is 0 Å². The number of rotatable bonds is 20. The van der Waals surface area contributed by atoms with E-state index in [0.29, 0.717) is 0 Å². The molecule has 0 aromatic heterocycles. The third kappa shape index (κ3) is 12.2. The van der Waals surface area contributed by atoms with Gasteiger partial charge in [-0.1, -0.05) is 0 Å². The lowest BCUT2D eigenvalue weighted by molar-refractivity contribution is -0.357. The molecule has 0 aromatic rings. The zero-order valence-electron chi connectivity index (χ0n) is 32.6. The number of aliphatic carboxylic acids is 1. The highest BCUT2D eigenvalue weighted by Crippen LogP contribution is 2.35. The number of carbonyl (C=O) groups excluding carboxylic acids is 3. The molecule has 3 aliphatic heterocycles. The number of nitrogens with one attached hydrogen (secondary N) is 3. The molecule has 3 rings (SSSR count). The summed E-state index contributed by atoms with van der Waals surface area (Å²) in [5.74, 6) is -7.30. The van der Waals surface area contributed by atoms with E-state index in [1.54, 1.807) is 0 Å². The second kappa shape index (κ2) is 22.5. The molecule has 20 atom stereocenters. The van der Waals surface area contributed by atoms with E-state index in [1.165, 1.54) is 0 Å². The lowest BCUT2D eigenvalue weighted by atomic mass is 9.88. The first-order valence-corrected chi connectivity index (χ1v) is 18.6. The van der Waals surface area contributed by atoms with Crippen molar-refractivity contribution in [1.82, 2.24) is 16.0 Å². The molecular formula is C33H57N3O24. The number of amides is 3. The van der Waals surface area contributed by atoms with Crippen molar-refractivity contribution in [3.8, 4) is 0 Å². The van der Waals surface area contributed by atoms with Gasteiger partial charge in [0.2, 0.25) is 17.7 Å². The molecule has 0 aromatic carbocycles. The maximum atomic E-state index is 12.6. The Kier molecular flexibility index (Phi) is 19.3. The molecule has 0 unspecified atom stereocenters. The van der Waals surface area contributed by atoms with Crippen LogP contribution in [0, 0.1) is 0 Å². The first kappa shape index (κ1) is 51.5. The smallest absolute Gasteiger partial charge is 0.364 e. The van der Waals surface area contributed by atoms with Gasteiger partial charge in [0.1, 0.15) is 85.4 Å². The lowest BCUT2D eigenvalue weighted by Crippen LogP contribution is -2.68. The fourth-order valence-electron chi connectivity index (χ4n) is 6.95. The molecule has 3 fully saturated rings. The third-order valence-electron chi connectivity index (χ3n) is 10.0. The molecule has 60 heavy (non-hydrogen) atoms. The second-order valence-electron chi connectivity index (χ2n) is 14.6. The van der Waals surface area contributed by atoms with Crippen molar-refractivity contribution in [2.45, 2.75) is 149 Å². The fraction of sp³-hybridized carbons (Fsp3) is 0.879. The zero-order chi connectivity index (χ0) is 45.4. The van der Waals surface area contributed by atoms with Crippen molar-refractivity contribution in [2.24, 2.45) is 0 Å². The molecule has 348 valence electrons. The molecule has 0 aliphatic carbocycles. The van der Waals surface area contributed by atoms with Crippen molar-refractivity contribution < 1.29 is 119 Å². The third-order valence-corrected chi connectivity index (χ3v) is 10.0. The molecule has 0 spiro atoms. The summed E-state index contributed by atoms with van der Waals surface area (Å²) in [4.78, 5) is 48.3. The predicted octanol–water partition coefficient (Wildman–Crippen LogP) is -10.5. The molecule has 27 nitrogen and oxygen atoms in total. The van der Waals surface area contributed by atoms with E-state index in [9.17, 15) is 90.7 Å². The zero-order valence-corrected chi connectivity index (χ0v) is 32.6. The topological polar surface area (TPSA) is 443 Å². The SMILES string of the molecule is CC(=O)N[C@H]1[C@@H](O[C@@H]2[C@H](O)[C@@H](O)[C@H](O[C@@H]([C@@H](O)[C@H](O)CO[C@]3(C(=O)O)C[C@H](O)[C@@H](NC(C)=O)[C@H]([C@H](O)[C@H](O)CO)O3)[C@H](CO)NC(C)=O)O[C@@H]2CO)O[C@H](CO)[C@H](O)[C@@H]1O. The summed E-state index contributed by atoms with van der Waals surface area (Å²) < 4.78 is 33.4. The van der Waals surface area contributed by atoms with Crippen LogP contribution in [0.4, 0.5) is 0 Å². The van der Waals surface area contributed by atoms with Crippen LogP contribution in [0.25, 0.3) is 0 Å². The van der Waals surface area contributed by atoms with Gasteiger partial charge < -0.3 is 116 Å². The summed E-state index contributed by atoms with van der Waals surface area (Å²) in [5.41, 5.74) is 0. The van der Waals surface area contributed by atoms with Gasteiger partial charge in [0.25, 0.3) is 5.79 Å². The highest BCUT2D eigenvalue weighted by Gasteiger charge is 2.57. The van der Waals surface area contributed by atoms with Gasteiger partial charge in [-0.15, -0.1) is 0 Å². The Balaban J connectivity index is 1.88. The van der Waals surface area contributed by atoms with Gasteiger partial charge in [0.05, 0.1) is 51.2 Å². The number of hydrogen-bond acceptors (Lipinski definition) is 23. The fourth-order valence-corrected chi connectivity index (χ4v) is 6.95. The number of aliphatic hydroxyl groups excluding tert-OH is 13. The summed E-state index contributed by atoms with van der Waals surface area (Å²) in [5, 5.41) is 154. The maximum absolute atomic E-state index is 12.6. The first-order valence-electron chi connectivity index (χ1n) is 18.6. The average molecular weight is 880 g/mol. The minimum atomic E-state index is -2.98. The number of ether oxygens (including phenoxy) is 6. The molecule has 27 heteroatoms. The summed E-state index contributed by atoms with van der Waals surface area (Å²) in [6.07, 6.45) is -32.4. The van der Waals surface area contributed by atoms with Crippen LogP contribution >= 0.6 is 0 Å². The number of hydrogen-bond donors (Lipinski definition) is 17. The van der Waals surface area contributed by atoms with Gasteiger partial charge in [0.15, 0.2) is 12.6 Å². The number of carbonyl (C=O) groups is 4. The van der Waals surface area contributed by atoms with Gasteiger partial charge in [-0.05, 0) is 0 Å². The van der Waals surface area contributed by atoms with Gasteiger partial charge in [-0.2, -0.15) is 0 Å². The summed E-state index contributed by atoms with van der Waals surface area (Å²) in [7, 11) is 0. The molecule has 0 bridgehead atoms. The Bertz CT molecular complexity index is 1420. The van der Waals surface area contributed by atoms with Crippen molar-refractivity contribution in [1.29, 1.82) is 0 Å². The highest BCUT2D eigenvalue weighted by atomic mass is 16.7. The van der Waals surface area contributed by atoms with Crippen LogP contribution < -0.4 is 16.0 Å². The van der Waals surface area contributed by atoms with Crippen LogP contribution in [-0.4, -0.2) is 250 Å². The molecule has 3 heterocycles. The molecule has 0 radical (unpaired) electrons. The number of carboxylic acid groups (broad SMARTS) is 1. The number of aliphatic hydroxyl groups is 13. The van der Waals surface area contributed by atoms with Crippen LogP contribution in [0.15, 0.2) is 0 Å². The molecule has 3 aliphatic rings. The van der Waals surface area contributed by atoms with Crippen LogP contribution in [0.2, 0.25) is 0 Å². The molecule has 0 saturated carbocycles. The van der Waals surface area contributed by atoms with Crippen LogP contribution in [0.1, 0.15) is 27.2 Å². The molecule has 3 saturated heterocycles. The molecular weight excluding hydrogens is 822 g/mol. The predicted molar refractivity (Wildman–Crippen MR) is 188 cm³/mol. The van der Waals surface area contributed by atoms with Crippen molar-refractivity contribution >= 4 is 23.7 Å². The van der Waals surface area contributed by atoms with E-state index < -0.39 is 185 Å². The van der Waals surface area contributed by atoms with Gasteiger partial charge in [0, 0.05) is 27.2 Å². The van der Waals surface area contributed by atoms with Gasteiger partial charge in [-0.3, -0.25) is 14.4 Å². The minimum Gasteiger partial charge on any atom is -0.477 e. The van der Waals surface area contributed by atoms with E-state index in [-0.39, 0.29) is 0 Å². The van der Waals surface area contributed by atoms with Crippen molar-refractivity contribution in [3.05, 3.63) is 0 Å². The van der Waals surface area contributed by atoms with E-state index in [1.807, 2.05) is 0 Å². The van der Waals surface area contributed by atoms with E-state index in [4.69, 9.17) is 28.4 Å². The summed E-state index contributed by atoms with van der Waals surface area (Å²) in [6, 6.07) is -4.78. The minimum absolute atomic E-state index is 0.730. The number of carboxylic acids is 1. The Hall–Kier alpha value is -2.88. The second-order valence-corrected chi connectivity index (χ2v) is 14.6. The van der Waals surface area contributed by atoms with Gasteiger partial charge >= 0.3 is 5.97 Å². The summed E-state index contributed by atoms with van der Waals surface area (Å²) >= 11 is 0. The van der Waals surface area contributed by atoms with Crippen LogP contribution in [0.5, 0.6) is 0 Å². The lowest BCUT2D eigenvalue weighted by Gasteiger charge is -2.48. The first-order chi connectivity index (χ1) is 28.1. The molecule has 3 amide bonds. The Morgan fingerprint density at radius 2 is 1.32 bits per heavy atom. The summed E-state index contributed by atoms with van der Waals surface area (Å²) in [6.45, 7) is -2.18. The van der Waals surface area contributed by atoms with Crippen molar-refractivity contribution in [2.75, 3.05) is 33.0 Å². The van der Waals surface area contributed by atoms with Crippen LogP contribution in [0.3, 0.4) is 0 Å². The Morgan fingerprint density at radius 3 is 1.83 bits per heavy atom. The Labute approximate surface area is 340 Å². The quantitative estimate of drug-likeness (QED) is 0.0540. The standard InChI is InChI=1S/C33H57N3O24/c1-10(41)34-13(5-37)27(22(48)16(46)9-55-33(32(53)54)4-14(44)19(35-11(2)42)29(60-33)21(47)15(45)6-38)58-31-26(52)25(51)28(18(8-40)57-31)59-30-20(36-12(3)43)24(50)23(49)17(7-39)56-30/h13-31,37-40,44-52H,4-9H2,1-3H3,(H,34,41)(H,35,42)(H,36,43)(H,53,54)/t13-,14-,15+,16+,17+,18+,19+,20+,21+,22-,23-,24+,25+,26+,27+,28-,29+,30+,31-,33+/m0/s1. The average Bonchev–Trinajstić information content (AvgIpc) is 3.19. The van der Waals surface area contributed by atoms with Gasteiger partial charge in [-0.25, -0.2) is 4.79 Å². The van der Waals surface area contributed by atoms with E-state index >= 15 is 0 Å². The monoisotopic (exact) mass is 879 g/mol.